The molecule has 2 amide bonds. The highest BCUT2D eigenvalue weighted by atomic mass is 79.9. The molecule has 0 fully saturated rings. The van der Waals surface area contributed by atoms with E-state index in [-0.39, 0.29) is 18.2 Å². The van der Waals surface area contributed by atoms with Crippen LogP contribution < -0.4 is 10.6 Å². The highest BCUT2D eigenvalue weighted by molar-refractivity contribution is 9.11. The summed E-state index contributed by atoms with van der Waals surface area (Å²) in [5, 5.41) is 20.7. The summed E-state index contributed by atoms with van der Waals surface area (Å²) in [6.07, 6.45) is 0.228. The van der Waals surface area contributed by atoms with Crippen molar-refractivity contribution in [1.82, 2.24) is 25.2 Å². The normalized spacial score (nSPS) is 11.0. The monoisotopic (exact) mass is 685 g/mol. The summed E-state index contributed by atoms with van der Waals surface area (Å²) in [5.41, 5.74) is 3.75. The number of nitrogens with one attached hydrogen (secondary N) is 3. The third-order valence-electron chi connectivity index (χ3n) is 5.75. The van der Waals surface area contributed by atoms with Crippen molar-refractivity contribution >= 4 is 81.9 Å². The molecule has 12 heteroatoms. The van der Waals surface area contributed by atoms with E-state index in [0.717, 1.165) is 19.9 Å². The molecule has 0 bridgehead atoms. The van der Waals surface area contributed by atoms with Crippen LogP contribution in [-0.2, 0) is 18.3 Å². The number of carbonyl (C=O) groups is 2. The SMILES string of the molecule is Cn1c(C(=O)Nc2ccc(Br)cc2-c2nnn[nH]2)cc2c(Br)cc(Br)c(NC(=O)Cc3ccccc3)c21. The molecule has 0 saturated heterocycles. The number of H-pyrrole nitrogens is 1. The van der Waals surface area contributed by atoms with E-state index in [9.17, 15) is 9.59 Å². The lowest BCUT2D eigenvalue weighted by Crippen LogP contribution is -2.17. The van der Waals surface area contributed by atoms with Gasteiger partial charge in [0, 0.05) is 31.4 Å². The Hall–Kier alpha value is -3.35. The van der Waals surface area contributed by atoms with Crippen LogP contribution in [0.25, 0.3) is 22.3 Å². The van der Waals surface area contributed by atoms with Crippen molar-refractivity contribution in [2.75, 3.05) is 10.6 Å². The van der Waals surface area contributed by atoms with Crippen LogP contribution in [-0.4, -0.2) is 37.0 Å². The molecule has 3 aromatic carbocycles. The van der Waals surface area contributed by atoms with E-state index < -0.39 is 0 Å². The van der Waals surface area contributed by atoms with Gasteiger partial charge in [-0.3, -0.25) is 9.59 Å². The highest BCUT2D eigenvalue weighted by Crippen LogP contribution is 2.39. The predicted molar refractivity (Wildman–Crippen MR) is 152 cm³/mol. The van der Waals surface area contributed by atoms with Crippen LogP contribution in [0, 0.1) is 0 Å². The van der Waals surface area contributed by atoms with Crippen LogP contribution in [0.15, 0.2) is 74.1 Å². The van der Waals surface area contributed by atoms with E-state index in [2.05, 4.69) is 79.0 Å². The number of benzene rings is 3. The summed E-state index contributed by atoms with van der Waals surface area (Å²) in [4.78, 5) is 26.3. The quantitative estimate of drug-likeness (QED) is 0.200. The van der Waals surface area contributed by atoms with Gasteiger partial charge in [-0.15, -0.1) is 5.10 Å². The molecule has 5 rings (SSSR count). The number of hydrogen-bond acceptors (Lipinski definition) is 5. The molecule has 5 aromatic rings. The van der Waals surface area contributed by atoms with Gasteiger partial charge in [-0.05, 0) is 62.3 Å². The molecule has 0 radical (unpaired) electrons. The summed E-state index contributed by atoms with van der Waals surface area (Å²) in [6.45, 7) is 0. The molecule has 0 saturated carbocycles. The predicted octanol–water partition coefficient (Wildman–Crippen LogP) is 6.08. The van der Waals surface area contributed by atoms with E-state index in [1.54, 1.807) is 23.7 Å². The fraction of sp³-hybridized carbons (Fsp3) is 0.0800. The lowest BCUT2D eigenvalue weighted by atomic mass is 10.1. The van der Waals surface area contributed by atoms with Crippen LogP contribution in [0.4, 0.5) is 11.4 Å². The van der Waals surface area contributed by atoms with Gasteiger partial charge >= 0.3 is 0 Å². The second kappa shape index (κ2) is 10.6. The maximum absolute atomic E-state index is 13.5. The number of nitrogens with zero attached hydrogens (tertiary/aromatic N) is 4. The van der Waals surface area contributed by atoms with Crippen LogP contribution in [0.3, 0.4) is 0 Å². The van der Waals surface area contributed by atoms with Crippen molar-refractivity contribution < 1.29 is 9.59 Å². The Labute approximate surface area is 236 Å². The standard InChI is InChI=1S/C25H18Br3N7O2/c1-35-20(25(37)29-19-8-7-14(26)10-16(19)24-31-33-34-32-24)11-15-17(27)12-18(28)22(23(15)35)30-21(36)9-13-5-3-2-4-6-13/h2-8,10-12H,9H2,1H3,(H,29,37)(H,30,36)(H,31,32,33,34). The van der Waals surface area contributed by atoms with Crippen molar-refractivity contribution in [2.24, 2.45) is 7.05 Å². The number of aromatic nitrogens is 5. The smallest absolute Gasteiger partial charge is 0.272 e. The number of carbonyl (C=O) groups excluding carboxylic acids is 2. The fourth-order valence-electron chi connectivity index (χ4n) is 4.04. The number of rotatable bonds is 6. The first-order valence-corrected chi connectivity index (χ1v) is 13.4. The van der Waals surface area contributed by atoms with Crippen LogP contribution >= 0.6 is 47.8 Å². The molecule has 0 atom stereocenters. The number of tetrazole rings is 1. The van der Waals surface area contributed by atoms with Crippen molar-refractivity contribution in [3.8, 4) is 11.4 Å². The number of fused-ring (bicyclic) bond motifs is 1. The summed E-state index contributed by atoms with van der Waals surface area (Å²) < 4.78 is 4.04. The average Bonchev–Trinajstić information content (AvgIpc) is 3.52. The van der Waals surface area contributed by atoms with Crippen molar-refractivity contribution in [1.29, 1.82) is 0 Å². The molecule has 3 N–H and O–H groups in total. The molecule has 0 aliphatic carbocycles. The summed E-state index contributed by atoms with van der Waals surface area (Å²) >= 11 is 10.6. The van der Waals surface area contributed by atoms with Gasteiger partial charge in [-0.2, -0.15) is 0 Å². The van der Waals surface area contributed by atoms with Crippen molar-refractivity contribution in [2.45, 2.75) is 6.42 Å². The van der Waals surface area contributed by atoms with Gasteiger partial charge < -0.3 is 15.2 Å². The third kappa shape index (κ3) is 5.22. The first kappa shape index (κ1) is 25.3. The molecule has 0 aliphatic heterocycles. The molecule has 9 nitrogen and oxygen atoms in total. The summed E-state index contributed by atoms with van der Waals surface area (Å²) in [5.74, 6) is -0.0778. The fourth-order valence-corrected chi connectivity index (χ4v) is 5.76. The minimum atomic E-state index is -0.334. The van der Waals surface area contributed by atoms with Crippen LogP contribution in [0.5, 0.6) is 0 Å². The van der Waals surface area contributed by atoms with Crippen LogP contribution in [0.1, 0.15) is 16.1 Å². The Balaban J connectivity index is 1.50. The van der Waals surface area contributed by atoms with E-state index in [0.29, 0.717) is 38.4 Å². The zero-order valence-corrected chi connectivity index (χ0v) is 24.0. The first-order valence-electron chi connectivity index (χ1n) is 11.0. The second-order valence-corrected chi connectivity index (χ2v) is 10.8. The molecule has 0 unspecified atom stereocenters. The number of aryl methyl sites for hydroxylation is 1. The molecule has 0 aliphatic rings. The lowest BCUT2D eigenvalue weighted by Gasteiger charge is -2.13. The van der Waals surface area contributed by atoms with Gasteiger partial charge in [0.1, 0.15) is 5.69 Å². The molecule has 2 heterocycles. The second-order valence-electron chi connectivity index (χ2n) is 8.17. The van der Waals surface area contributed by atoms with Gasteiger partial charge in [0.05, 0.1) is 23.3 Å². The van der Waals surface area contributed by atoms with Crippen LogP contribution in [0.2, 0.25) is 0 Å². The Morgan fingerprint density at radius 3 is 2.49 bits per heavy atom. The topological polar surface area (TPSA) is 118 Å². The van der Waals surface area contributed by atoms with Gasteiger partial charge in [0.25, 0.3) is 5.91 Å². The van der Waals surface area contributed by atoms with E-state index in [1.165, 1.54) is 0 Å². The number of halogens is 3. The maximum atomic E-state index is 13.5. The molecular weight excluding hydrogens is 670 g/mol. The maximum Gasteiger partial charge on any atom is 0.272 e. The number of aromatic amines is 1. The van der Waals surface area contributed by atoms with E-state index in [1.807, 2.05) is 48.5 Å². The first-order chi connectivity index (χ1) is 17.8. The zero-order valence-electron chi connectivity index (χ0n) is 19.2. The van der Waals surface area contributed by atoms with Gasteiger partial charge in [-0.25, -0.2) is 5.10 Å². The molecular formula is C25H18Br3N7O2. The van der Waals surface area contributed by atoms with Crippen molar-refractivity contribution in [3.05, 3.63) is 85.3 Å². The van der Waals surface area contributed by atoms with E-state index >= 15 is 0 Å². The van der Waals surface area contributed by atoms with E-state index in [4.69, 9.17) is 0 Å². The lowest BCUT2D eigenvalue weighted by molar-refractivity contribution is -0.115. The number of amides is 2. The molecule has 2 aromatic heterocycles. The van der Waals surface area contributed by atoms with Gasteiger partial charge in [0.2, 0.25) is 5.91 Å². The Kier molecular flexibility index (Phi) is 7.22. The minimum absolute atomic E-state index is 0.164. The number of hydrogen-bond donors (Lipinski definition) is 3. The van der Waals surface area contributed by atoms with Gasteiger partial charge in [0.15, 0.2) is 5.82 Å². The summed E-state index contributed by atoms with van der Waals surface area (Å²) in [6, 6.07) is 18.5. The minimum Gasteiger partial charge on any atom is -0.338 e. The molecule has 37 heavy (non-hydrogen) atoms. The molecule has 186 valence electrons. The number of anilines is 2. The third-order valence-corrected chi connectivity index (χ3v) is 7.53. The average molecular weight is 688 g/mol. The Morgan fingerprint density at radius 1 is 0.973 bits per heavy atom. The largest absolute Gasteiger partial charge is 0.338 e. The van der Waals surface area contributed by atoms with Gasteiger partial charge in [-0.1, -0.05) is 62.2 Å². The summed E-state index contributed by atoms with van der Waals surface area (Å²) in [7, 11) is 1.78. The zero-order chi connectivity index (χ0) is 26.1. The highest BCUT2D eigenvalue weighted by Gasteiger charge is 2.22. The van der Waals surface area contributed by atoms with Crippen molar-refractivity contribution in [3.63, 3.8) is 0 Å². The molecule has 0 spiro atoms. The Morgan fingerprint density at radius 2 is 1.76 bits per heavy atom. The Bertz CT molecular complexity index is 1630.